The Bertz CT molecular complexity index is 1350. The lowest BCUT2D eigenvalue weighted by Gasteiger charge is -2.39. The number of rotatable bonds is 12. The number of ether oxygens (including phenoxy) is 1. The first-order valence-electron chi connectivity index (χ1n) is 13.1. The number of imidazole rings is 1. The van der Waals surface area contributed by atoms with Crippen LogP contribution in [0.15, 0.2) is 72.1 Å². The van der Waals surface area contributed by atoms with Crippen LogP contribution >= 0.6 is 0 Å². The molecule has 0 spiro atoms. The first-order valence-corrected chi connectivity index (χ1v) is 14.6. The molecule has 1 unspecified atom stereocenters. The van der Waals surface area contributed by atoms with Crippen LogP contribution in [-0.2, 0) is 44.2 Å². The molecule has 0 aliphatic carbocycles. The van der Waals surface area contributed by atoms with Gasteiger partial charge < -0.3 is 9.30 Å². The monoisotopic (exact) mass is 537 g/mol. The number of ketones is 1. The van der Waals surface area contributed by atoms with E-state index in [1.807, 2.05) is 43.3 Å². The average Bonchev–Trinajstić information content (AvgIpc) is 3.33. The SMILES string of the molecule is CCC[C@@]1(CCc2ccccc2)CC(=O)C(CCCc2cccc(NS(=O)(=O)c3cn(C)cn3)c2)C(=O)O1. The van der Waals surface area contributed by atoms with E-state index in [9.17, 15) is 18.0 Å². The van der Waals surface area contributed by atoms with Crippen molar-refractivity contribution in [2.75, 3.05) is 4.72 Å². The molecule has 3 aromatic rings. The summed E-state index contributed by atoms with van der Waals surface area (Å²) in [4.78, 5) is 30.0. The van der Waals surface area contributed by atoms with Crippen molar-refractivity contribution in [3.63, 3.8) is 0 Å². The van der Waals surface area contributed by atoms with E-state index >= 15 is 0 Å². The standard InChI is InChI=1S/C29H35N3O5S/c1-3-16-29(17-15-22-9-5-4-6-10-22)19-26(33)25(28(34)37-29)14-8-12-23-11-7-13-24(18-23)31-38(35,36)27-20-32(2)21-30-27/h4-7,9-11,13,18,20-21,25,31H,3,8,12,14-17,19H2,1-2H3/t25?,29-/m1/s1. The molecular formula is C29H35N3O5S. The van der Waals surface area contributed by atoms with Gasteiger partial charge in [-0.25, -0.2) is 4.98 Å². The Hall–Kier alpha value is -3.46. The van der Waals surface area contributed by atoms with E-state index in [1.54, 1.807) is 29.8 Å². The molecule has 0 bridgehead atoms. The van der Waals surface area contributed by atoms with Crippen molar-refractivity contribution in [2.24, 2.45) is 13.0 Å². The van der Waals surface area contributed by atoms with E-state index in [4.69, 9.17) is 4.74 Å². The number of carbonyl (C=O) groups excluding carboxylic acids is 2. The molecule has 1 aromatic heterocycles. The molecule has 4 rings (SSSR count). The zero-order valence-corrected chi connectivity index (χ0v) is 22.7. The van der Waals surface area contributed by atoms with Crippen LogP contribution in [-0.4, -0.2) is 35.3 Å². The number of nitrogens with zero attached hydrogens (tertiary/aromatic N) is 2. The minimum Gasteiger partial charge on any atom is -0.458 e. The highest BCUT2D eigenvalue weighted by atomic mass is 32.2. The van der Waals surface area contributed by atoms with E-state index in [1.165, 1.54) is 12.5 Å². The first kappa shape index (κ1) is 27.6. The molecule has 1 aliphatic rings. The van der Waals surface area contributed by atoms with Gasteiger partial charge in [-0.15, -0.1) is 0 Å². The van der Waals surface area contributed by atoms with Crippen LogP contribution in [0.4, 0.5) is 5.69 Å². The van der Waals surface area contributed by atoms with Crippen LogP contribution in [0.25, 0.3) is 0 Å². The molecule has 0 saturated carbocycles. The lowest BCUT2D eigenvalue weighted by Crippen LogP contribution is -2.48. The minimum absolute atomic E-state index is 0.0420. The van der Waals surface area contributed by atoms with Gasteiger partial charge in [0, 0.05) is 25.4 Å². The van der Waals surface area contributed by atoms with Gasteiger partial charge in [-0.05, 0) is 61.8 Å². The molecule has 202 valence electrons. The fourth-order valence-electron chi connectivity index (χ4n) is 5.08. The number of anilines is 1. The maximum absolute atomic E-state index is 13.1. The summed E-state index contributed by atoms with van der Waals surface area (Å²) in [5.41, 5.74) is 1.78. The third-order valence-electron chi connectivity index (χ3n) is 7.00. The van der Waals surface area contributed by atoms with Crippen molar-refractivity contribution in [1.82, 2.24) is 9.55 Å². The number of nitrogens with one attached hydrogen (secondary N) is 1. The Morgan fingerprint density at radius 3 is 2.50 bits per heavy atom. The molecule has 0 amide bonds. The van der Waals surface area contributed by atoms with Crippen molar-refractivity contribution in [3.8, 4) is 0 Å². The van der Waals surface area contributed by atoms with E-state index in [2.05, 4.69) is 9.71 Å². The predicted octanol–water partition coefficient (Wildman–Crippen LogP) is 4.85. The highest BCUT2D eigenvalue weighted by molar-refractivity contribution is 7.92. The summed E-state index contributed by atoms with van der Waals surface area (Å²) < 4.78 is 35.3. The Kier molecular flexibility index (Phi) is 8.66. The van der Waals surface area contributed by atoms with Crippen LogP contribution in [0.2, 0.25) is 0 Å². The molecule has 9 heteroatoms. The highest BCUT2D eigenvalue weighted by Crippen LogP contribution is 2.36. The Balaban J connectivity index is 1.33. The van der Waals surface area contributed by atoms with Gasteiger partial charge in [-0.2, -0.15) is 8.42 Å². The number of hydrogen-bond donors (Lipinski definition) is 1. The Morgan fingerprint density at radius 1 is 1.05 bits per heavy atom. The van der Waals surface area contributed by atoms with Gasteiger partial charge in [0.05, 0.1) is 6.33 Å². The average molecular weight is 538 g/mol. The van der Waals surface area contributed by atoms with Crippen LogP contribution in [0.5, 0.6) is 0 Å². The number of esters is 1. The third kappa shape index (κ3) is 6.89. The zero-order chi connectivity index (χ0) is 27.2. The Morgan fingerprint density at radius 2 is 1.82 bits per heavy atom. The van der Waals surface area contributed by atoms with Crippen molar-refractivity contribution < 1.29 is 22.7 Å². The fraction of sp³-hybridized carbons (Fsp3) is 0.414. The molecule has 1 fully saturated rings. The van der Waals surface area contributed by atoms with E-state index in [0.717, 1.165) is 24.0 Å². The van der Waals surface area contributed by atoms with E-state index in [-0.39, 0.29) is 17.2 Å². The van der Waals surface area contributed by atoms with E-state index in [0.29, 0.717) is 37.8 Å². The second-order valence-corrected chi connectivity index (χ2v) is 11.7. The van der Waals surface area contributed by atoms with Gasteiger partial charge >= 0.3 is 5.97 Å². The first-order chi connectivity index (χ1) is 18.2. The van der Waals surface area contributed by atoms with Crippen molar-refractivity contribution >= 4 is 27.5 Å². The maximum Gasteiger partial charge on any atom is 0.317 e. The molecule has 2 atom stereocenters. The largest absolute Gasteiger partial charge is 0.458 e. The van der Waals surface area contributed by atoms with Gasteiger partial charge in [-0.1, -0.05) is 55.8 Å². The van der Waals surface area contributed by atoms with Gasteiger partial charge in [0.25, 0.3) is 10.0 Å². The van der Waals surface area contributed by atoms with Gasteiger partial charge in [0.1, 0.15) is 11.5 Å². The number of aromatic nitrogens is 2. The van der Waals surface area contributed by atoms with Gasteiger partial charge in [0.2, 0.25) is 0 Å². The smallest absolute Gasteiger partial charge is 0.317 e. The Labute approximate surface area is 224 Å². The molecule has 8 nitrogen and oxygen atoms in total. The molecule has 2 aromatic carbocycles. The number of aryl methyl sites for hydroxylation is 3. The van der Waals surface area contributed by atoms with Crippen molar-refractivity contribution in [1.29, 1.82) is 0 Å². The second kappa shape index (κ2) is 11.9. The third-order valence-corrected chi connectivity index (χ3v) is 8.26. The van der Waals surface area contributed by atoms with Crippen LogP contribution in [0, 0.1) is 5.92 Å². The van der Waals surface area contributed by atoms with Crippen LogP contribution < -0.4 is 4.72 Å². The molecular weight excluding hydrogens is 502 g/mol. The summed E-state index contributed by atoms with van der Waals surface area (Å²) >= 11 is 0. The van der Waals surface area contributed by atoms with Crippen molar-refractivity contribution in [3.05, 3.63) is 78.2 Å². The molecule has 38 heavy (non-hydrogen) atoms. The summed E-state index contributed by atoms with van der Waals surface area (Å²) in [6, 6.07) is 17.2. The molecule has 2 heterocycles. The van der Waals surface area contributed by atoms with Gasteiger partial charge in [-0.3, -0.25) is 14.3 Å². The summed E-state index contributed by atoms with van der Waals surface area (Å²) in [5.74, 6) is -1.21. The van der Waals surface area contributed by atoms with Crippen LogP contribution in [0.1, 0.15) is 56.6 Å². The number of cyclic esters (lactones) is 1. The predicted molar refractivity (Wildman–Crippen MR) is 145 cm³/mol. The molecule has 1 saturated heterocycles. The zero-order valence-electron chi connectivity index (χ0n) is 21.9. The summed E-state index contributed by atoms with van der Waals surface area (Å²) in [6.45, 7) is 2.04. The summed E-state index contributed by atoms with van der Waals surface area (Å²) in [7, 11) is -2.09. The molecule has 1 aliphatic heterocycles. The van der Waals surface area contributed by atoms with Crippen molar-refractivity contribution in [2.45, 2.75) is 68.9 Å². The van der Waals surface area contributed by atoms with Gasteiger partial charge in [0.15, 0.2) is 10.8 Å². The van der Waals surface area contributed by atoms with E-state index < -0.39 is 27.5 Å². The lowest BCUT2D eigenvalue weighted by molar-refractivity contribution is -0.179. The fourth-order valence-corrected chi connectivity index (χ4v) is 6.12. The number of carbonyl (C=O) groups is 2. The molecule has 0 radical (unpaired) electrons. The maximum atomic E-state index is 13.1. The van der Waals surface area contributed by atoms with Crippen LogP contribution in [0.3, 0.4) is 0 Å². The number of hydrogen-bond acceptors (Lipinski definition) is 6. The number of benzene rings is 2. The summed E-state index contributed by atoms with van der Waals surface area (Å²) in [6.07, 6.45) is 7.63. The highest BCUT2D eigenvalue weighted by Gasteiger charge is 2.45. The normalized spacial score (nSPS) is 19.8. The summed E-state index contributed by atoms with van der Waals surface area (Å²) in [5, 5.41) is -0.0531. The quantitative estimate of drug-likeness (QED) is 0.262. The second-order valence-electron chi connectivity index (χ2n) is 10.1. The topological polar surface area (TPSA) is 107 Å². The minimum atomic E-state index is -3.79. The number of Topliss-reactive ketones (excluding diaryl/α,β-unsaturated/α-hetero) is 1. The molecule has 1 N–H and O–H groups in total. The number of sulfonamides is 1. The lowest BCUT2D eigenvalue weighted by atomic mass is 9.79.